The van der Waals surface area contributed by atoms with Crippen molar-refractivity contribution in [3.8, 4) is 0 Å². The third-order valence-corrected chi connectivity index (χ3v) is 4.48. The minimum atomic E-state index is 0.509. The number of piperazine rings is 1. The predicted molar refractivity (Wildman–Crippen MR) is 95.4 cm³/mol. The van der Waals surface area contributed by atoms with Gasteiger partial charge in [0.2, 0.25) is 0 Å². The number of halogens is 1. The first-order valence-corrected chi connectivity index (χ1v) is 8.15. The number of nitrogens with zero attached hydrogens (tertiary/aromatic N) is 4. The van der Waals surface area contributed by atoms with Crippen molar-refractivity contribution in [2.45, 2.75) is 0 Å². The van der Waals surface area contributed by atoms with Gasteiger partial charge in [-0.05, 0) is 30.3 Å². The van der Waals surface area contributed by atoms with Crippen LogP contribution < -0.4 is 9.80 Å². The number of benzene rings is 1. The summed E-state index contributed by atoms with van der Waals surface area (Å²) in [6, 6.07) is 16.3. The van der Waals surface area contributed by atoms with E-state index >= 15 is 0 Å². The number of pyridine rings is 2. The van der Waals surface area contributed by atoms with E-state index in [1.165, 1.54) is 5.69 Å². The minimum Gasteiger partial charge on any atom is -0.368 e. The lowest BCUT2D eigenvalue weighted by Gasteiger charge is -2.37. The Hall–Kier alpha value is -2.33. The lowest BCUT2D eigenvalue weighted by Crippen LogP contribution is -2.46. The summed E-state index contributed by atoms with van der Waals surface area (Å²) in [5.41, 5.74) is 4.17. The number of hydrogen-bond acceptors (Lipinski definition) is 4. The standard InChI is InChI=1S/C18H17ClN4/c19-17-7-6-15-18(21-17)16(8-9-20-15)23-12-10-22(11-13-23)14-4-2-1-3-5-14/h1-9H,10-13H2. The van der Waals surface area contributed by atoms with Crippen LogP contribution in [0.2, 0.25) is 5.15 Å². The monoisotopic (exact) mass is 324 g/mol. The van der Waals surface area contributed by atoms with E-state index in [0.717, 1.165) is 42.9 Å². The van der Waals surface area contributed by atoms with Crippen molar-refractivity contribution < 1.29 is 0 Å². The maximum Gasteiger partial charge on any atom is 0.130 e. The minimum absolute atomic E-state index is 0.509. The highest BCUT2D eigenvalue weighted by Gasteiger charge is 2.19. The fourth-order valence-electron chi connectivity index (χ4n) is 3.09. The Balaban J connectivity index is 1.58. The van der Waals surface area contributed by atoms with Crippen LogP contribution in [0.3, 0.4) is 0 Å². The molecule has 0 saturated carbocycles. The lowest BCUT2D eigenvalue weighted by molar-refractivity contribution is 0.654. The molecule has 3 heterocycles. The van der Waals surface area contributed by atoms with E-state index < -0.39 is 0 Å². The van der Waals surface area contributed by atoms with Gasteiger partial charge in [-0.1, -0.05) is 29.8 Å². The average molecular weight is 325 g/mol. The molecule has 1 aromatic carbocycles. The van der Waals surface area contributed by atoms with Crippen molar-refractivity contribution in [1.82, 2.24) is 9.97 Å². The van der Waals surface area contributed by atoms with E-state index in [1.54, 1.807) is 6.07 Å². The predicted octanol–water partition coefficient (Wildman–Crippen LogP) is 3.61. The van der Waals surface area contributed by atoms with E-state index in [2.05, 4.69) is 50.1 Å². The van der Waals surface area contributed by atoms with Gasteiger partial charge in [0.15, 0.2) is 0 Å². The molecule has 0 amide bonds. The van der Waals surface area contributed by atoms with Gasteiger partial charge in [0.05, 0.1) is 11.2 Å². The molecular weight excluding hydrogens is 308 g/mol. The zero-order valence-electron chi connectivity index (χ0n) is 12.7. The maximum absolute atomic E-state index is 6.07. The van der Waals surface area contributed by atoms with Crippen LogP contribution in [0.4, 0.5) is 11.4 Å². The molecule has 0 atom stereocenters. The Kier molecular flexibility index (Phi) is 3.75. The van der Waals surface area contributed by atoms with Gasteiger partial charge in [-0.15, -0.1) is 0 Å². The van der Waals surface area contributed by atoms with Crippen LogP contribution in [0.15, 0.2) is 54.7 Å². The normalized spacial score (nSPS) is 15.2. The summed E-state index contributed by atoms with van der Waals surface area (Å²) < 4.78 is 0. The smallest absolute Gasteiger partial charge is 0.130 e. The molecule has 1 fully saturated rings. The summed E-state index contributed by atoms with van der Waals surface area (Å²) in [6.45, 7) is 3.91. The lowest BCUT2D eigenvalue weighted by atomic mass is 10.2. The second-order valence-corrected chi connectivity index (χ2v) is 6.03. The quantitative estimate of drug-likeness (QED) is 0.674. The van der Waals surface area contributed by atoms with E-state index in [0.29, 0.717) is 5.15 Å². The van der Waals surface area contributed by atoms with E-state index in [1.807, 2.05) is 18.3 Å². The molecule has 1 aliphatic rings. The summed E-state index contributed by atoms with van der Waals surface area (Å²) in [5.74, 6) is 0. The number of rotatable bonds is 2. The first-order valence-electron chi connectivity index (χ1n) is 7.77. The first-order chi connectivity index (χ1) is 11.3. The summed E-state index contributed by atoms with van der Waals surface area (Å²) in [7, 11) is 0. The Bertz CT molecular complexity index is 814. The average Bonchev–Trinajstić information content (AvgIpc) is 2.62. The van der Waals surface area contributed by atoms with Gasteiger partial charge in [-0.3, -0.25) is 4.98 Å². The molecule has 0 unspecified atom stereocenters. The van der Waals surface area contributed by atoms with Crippen LogP contribution in [-0.4, -0.2) is 36.1 Å². The van der Waals surface area contributed by atoms with Gasteiger partial charge in [0.25, 0.3) is 0 Å². The first kappa shape index (κ1) is 14.3. The molecule has 0 radical (unpaired) electrons. The molecule has 1 aliphatic heterocycles. The Labute approximate surface area is 140 Å². The van der Waals surface area contributed by atoms with Crippen LogP contribution in [0.1, 0.15) is 0 Å². The van der Waals surface area contributed by atoms with Crippen LogP contribution >= 0.6 is 11.6 Å². The number of hydrogen-bond donors (Lipinski definition) is 0. The van der Waals surface area contributed by atoms with Gasteiger partial charge in [0.1, 0.15) is 10.7 Å². The van der Waals surface area contributed by atoms with Crippen molar-refractivity contribution in [3.05, 3.63) is 59.9 Å². The summed E-state index contributed by atoms with van der Waals surface area (Å²) in [5, 5.41) is 0.509. The number of para-hydroxylation sites is 1. The van der Waals surface area contributed by atoms with Crippen LogP contribution in [0.25, 0.3) is 11.0 Å². The summed E-state index contributed by atoms with van der Waals surface area (Å²) in [6.07, 6.45) is 1.84. The van der Waals surface area contributed by atoms with Gasteiger partial charge in [-0.25, -0.2) is 4.98 Å². The van der Waals surface area contributed by atoms with Gasteiger partial charge in [0, 0.05) is 38.1 Å². The van der Waals surface area contributed by atoms with E-state index in [4.69, 9.17) is 11.6 Å². The zero-order valence-corrected chi connectivity index (χ0v) is 13.4. The number of anilines is 2. The third kappa shape index (κ3) is 2.82. The largest absolute Gasteiger partial charge is 0.368 e. The van der Waals surface area contributed by atoms with E-state index in [9.17, 15) is 0 Å². The van der Waals surface area contributed by atoms with Gasteiger partial charge < -0.3 is 9.80 Å². The maximum atomic E-state index is 6.07. The molecule has 0 aliphatic carbocycles. The Morgan fingerprint density at radius 3 is 2.35 bits per heavy atom. The van der Waals surface area contributed by atoms with Gasteiger partial charge >= 0.3 is 0 Å². The second kappa shape index (κ2) is 6.05. The van der Waals surface area contributed by atoms with Crippen molar-refractivity contribution in [1.29, 1.82) is 0 Å². The van der Waals surface area contributed by atoms with Crippen LogP contribution in [-0.2, 0) is 0 Å². The number of aromatic nitrogens is 2. The van der Waals surface area contributed by atoms with Crippen molar-refractivity contribution in [2.24, 2.45) is 0 Å². The van der Waals surface area contributed by atoms with Gasteiger partial charge in [-0.2, -0.15) is 0 Å². The summed E-state index contributed by atoms with van der Waals surface area (Å²) in [4.78, 5) is 13.6. The van der Waals surface area contributed by atoms with Crippen LogP contribution in [0.5, 0.6) is 0 Å². The molecule has 4 rings (SSSR count). The van der Waals surface area contributed by atoms with E-state index in [-0.39, 0.29) is 0 Å². The molecule has 3 aromatic rings. The molecule has 5 heteroatoms. The molecule has 0 bridgehead atoms. The fourth-order valence-corrected chi connectivity index (χ4v) is 3.23. The highest BCUT2D eigenvalue weighted by Crippen LogP contribution is 2.27. The molecule has 1 saturated heterocycles. The van der Waals surface area contributed by atoms with Crippen LogP contribution in [0, 0.1) is 0 Å². The van der Waals surface area contributed by atoms with Crippen molar-refractivity contribution in [3.63, 3.8) is 0 Å². The molecule has 4 nitrogen and oxygen atoms in total. The van der Waals surface area contributed by atoms with Crippen molar-refractivity contribution >= 4 is 34.0 Å². The topological polar surface area (TPSA) is 32.3 Å². The Morgan fingerprint density at radius 1 is 0.826 bits per heavy atom. The molecular formula is C18H17ClN4. The molecule has 23 heavy (non-hydrogen) atoms. The molecule has 116 valence electrons. The number of fused-ring (bicyclic) bond motifs is 1. The molecule has 2 aromatic heterocycles. The third-order valence-electron chi connectivity index (χ3n) is 4.27. The second-order valence-electron chi connectivity index (χ2n) is 5.64. The highest BCUT2D eigenvalue weighted by molar-refractivity contribution is 6.29. The zero-order chi connectivity index (χ0) is 15.6. The highest BCUT2D eigenvalue weighted by atomic mass is 35.5. The molecule has 0 N–H and O–H groups in total. The summed E-state index contributed by atoms with van der Waals surface area (Å²) >= 11 is 6.07. The molecule has 0 spiro atoms. The Morgan fingerprint density at radius 2 is 1.57 bits per heavy atom. The SMILES string of the molecule is Clc1ccc2nccc(N3CCN(c4ccccc4)CC3)c2n1. The fraction of sp³-hybridized carbons (Fsp3) is 0.222. The van der Waals surface area contributed by atoms with Crippen molar-refractivity contribution in [2.75, 3.05) is 36.0 Å².